The van der Waals surface area contributed by atoms with Crippen molar-refractivity contribution in [2.45, 2.75) is 37.8 Å². The van der Waals surface area contributed by atoms with Gasteiger partial charge >= 0.3 is 0 Å². The number of H-pyrrole nitrogens is 1. The highest BCUT2D eigenvalue weighted by Gasteiger charge is 2.35. The molecule has 0 bridgehead atoms. The fraction of sp³-hybridized carbons (Fsp3) is 0.692. The number of nitrogens with zero attached hydrogens (tertiary/aromatic N) is 2. The number of likely N-dealkylation sites (tertiary alicyclic amines) is 1. The molecule has 1 aliphatic rings. The Labute approximate surface area is 113 Å². The lowest BCUT2D eigenvalue weighted by atomic mass is 9.88. The number of hydrogen-bond donors (Lipinski definition) is 2. The maximum absolute atomic E-state index is 11.0. The van der Waals surface area contributed by atoms with Gasteiger partial charge in [-0.05, 0) is 25.8 Å². The Bertz CT molecular complexity index is 407. The second-order valence-electron chi connectivity index (χ2n) is 5.20. The van der Waals surface area contributed by atoms with Gasteiger partial charge in [0, 0.05) is 32.5 Å². The average molecular weight is 266 g/mol. The van der Waals surface area contributed by atoms with Gasteiger partial charge in [0.05, 0.1) is 12.1 Å². The molecule has 1 fully saturated rings. The SMILES string of the molecule is CO[C@@]1(CCC(N)=O)CCCN(Cc2ncc[nH]2)C1. The van der Waals surface area contributed by atoms with Crippen molar-refractivity contribution in [3.8, 4) is 0 Å². The molecule has 1 atom stereocenters. The Morgan fingerprint density at radius 1 is 1.68 bits per heavy atom. The molecule has 1 aliphatic heterocycles. The number of nitrogens with two attached hydrogens (primary N) is 1. The van der Waals surface area contributed by atoms with Crippen molar-refractivity contribution >= 4 is 5.91 Å². The normalized spacial score (nSPS) is 24.5. The van der Waals surface area contributed by atoms with Crippen molar-refractivity contribution < 1.29 is 9.53 Å². The van der Waals surface area contributed by atoms with E-state index in [4.69, 9.17) is 10.5 Å². The number of imidazole rings is 1. The molecule has 0 spiro atoms. The summed E-state index contributed by atoms with van der Waals surface area (Å²) in [4.78, 5) is 20.6. The van der Waals surface area contributed by atoms with E-state index in [1.165, 1.54) is 0 Å². The number of carbonyl (C=O) groups is 1. The fourth-order valence-electron chi connectivity index (χ4n) is 2.75. The maximum Gasteiger partial charge on any atom is 0.217 e. The lowest BCUT2D eigenvalue weighted by Gasteiger charge is -2.41. The van der Waals surface area contributed by atoms with E-state index in [0.717, 1.165) is 38.3 Å². The van der Waals surface area contributed by atoms with Gasteiger partial charge < -0.3 is 15.5 Å². The maximum atomic E-state index is 11.0. The Hall–Kier alpha value is -1.40. The molecule has 1 amide bonds. The van der Waals surface area contributed by atoms with Gasteiger partial charge in [-0.1, -0.05) is 0 Å². The quantitative estimate of drug-likeness (QED) is 0.792. The first-order valence-electron chi connectivity index (χ1n) is 6.68. The predicted octanol–water partition coefficient (Wildman–Crippen LogP) is 0.656. The van der Waals surface area contributed by atoms with E-state index < -0.39 is 0 Å². The van der Waals surface area contributed by atoms with E-state index in [2.05, 4.69) is 14.9 Å². The monoisotopic (exact) mass is 266 g/mol. The summed E-state index contributed by atoms with van der Waals surface area (Å²) >= 11 is 0. The lowest BCUT2D eigenvalue weighted by Crippen LogP contribution is -2.49. The lowest BCUT2D eigenvalue weighted by molar-refractivity contribution is -0.121. The molecule has 3 N–H and O–H groups in total. The van der Waals surface area contributed by atoms with Crippen LogP contribution in [0.2, 0.25) is 0 Å². The third-order valence-electron chi connectivity index (χ3n) is 3.81. The molecule has 106 valence electrons. The molecule has 0 aliphatic carbocycles. The Morgan fingerprint density at radius 2 is 2.53 bits per heavy atom. The van der Waals surface area contributed by atoms with E-state index in [-0.39, 0.29) is 11.5 Å². The first kappa shape index (κ1) is 14.0. The van der Waals surface area contributed by atoms with E-state index in [0.29, 0.717) is 12.8 Å². The number of piperidine rings is 1. The van der Waals surface area contributed by atoms with E-state index in [1.54, 1.807) is 13.3 Å². The predicted molar refractivity (Wildman–Crippen MR) is 71.3 cm³/mol. The van der Waals surface area contributed by atoms with Crippen LogP contribution in [-0.4, -0.2) is 46.6 Å². The number of nitrogens with one attached hydrogen (secondary N) is 1. The summed E-state index contributed by atoms with van der Waals surface area (Å²) < 4.78 is 5.70. The summed E-state index contributed by atoms with van der Waals surface area (Å²) in [5.74, 6) is 0.696. The minimum atomic E-state index is -0.264. The van der Waals surface area contributed by atoms with Crippen LogP contribution in [0.4, 0.5) is 0 Å². The number of amides is 1. The summed E-state index contributed by atoms with van der Waals surface area (Å²) in [5, 5.41) is 0. The van der Waals surface area contributed by atoms with Crippen LogP contribution in [0.15, 0.2) is 12.4 Å². The number of rotatable bonds is 6. The van der Waals surface area contributed by atoms with Crippen LogP contribution < -0.4 is 5.73 Å². The number of primary amides is 1. The van der Waals surface area contributed by atoms with Gasteiger partial charge in [-0.2, -0.15) is 0 Å². The highest BCUT2D eigenvalue weighted by molar-refractivity contribution is 5.73. The molecule has 0 radical (unpaired) electrons. The molecule has 1 aromatic heterocycles. The van der Waals surface area contributed by atoms with Gasteiger partial charge in [0.25, 0.3) is 0 Å². The summed E-state index contributed by atoms with van der Waals surface area (Å²) in [6.07, 6.45) is 6.69. The van der Waals surface area contributed by atoms with E-state index in [1.807, 2.05) is 6.20 Å². The number of methoxy groups -OCH3 is 1. The third kappa shape index (κ3) is 3.78. The van der Waals surface area contributed by atoms with Gasteiger partial charge in [0.2, 0.25) is 5.91 Å². The molecule has 2 heterocycles. The van der Waals surface area contributed by atoms with Crippen LogP contribution in [0.25, 0.3) is 0 Å². The van der Waals surface area contributed by atoms with Crippen LogP contribution in [0, 0.1) is 0 Å². The number of aromatic amines is 1. The highest BCUT2D eigenvalue weighted by Crippen LogP contribution is 2.29. The van der Waals surface area contributed by atoms with Crippen LogP contribution >= 0.6 is 0 Å². The van der Waals surface area contributed by atoms with E-state index in [9.17, 15) is 4.79 Å². The summed E-state index contributed by atoms with van der Waals surface area (Å²) in [6, 6.07) is 0. The van der Waals surface area contributed by atoms with Crippen molar-refractivity contribution in [1.82, 2.24) is 14.9 Å². The molecule has 6 heteroatoms. The van der Waals surface area contributed by atoms with Gasteiger partial charge in [-0.3, -0.25) is 9.69 Å². The summed E-state index contributed by atoms with van der Waals surface area (Å²) in [6.45, 7) is 2.63. The molecule has 0 aromatic carbocycles. The zero-order valence-electron chi connectivity index (χ0n) is 11.4. The zero-order valence-corrected chi connectivity index (χ0v) is 11.4. The fourth-order valence-corrected chi connectivity index (χ4v) is 2.75. The van der Waals surface area contributed by atoms with Gasteiger partial charge in [-0.25, -0.2) is 4.98 Å². The van der Waals surface area contributed by atoms with Crippen molar-refractivity contribution in [3.05, 3.63) is 18.2 Å². The van der Waals surface area contributed by atoms with Gasteiger partial charge in [0.1, 0.15) is 5.82 Å². The first-order valence-corrected chi connectivity index (χ1v) is 6.68. The molecule has 6 nitrogen and oxygen atoms in total. The number of hydrogen-bond acceptors (Lipinski definition) is 4. The van der Waals surface area contributed by atoms with Crippen LogP contribution in [-0.2, 0) is 16.1 Å². The summed E-state index contributed by atoms with van der Waals surface area (Å²) in [7, 11) is 1.72. The number of aromatic nitrogens is 2. The Balaban J connectivity index is 1.95. The molecule has 0 unspecified atom stereocenters. The zero-order chi connectivity index (χ0) is 13.7. The molecule has 1 aromatic rings. The third-order valence-corrected chi connectivity index (χ3v) is 3.81. The van der Waals surface area contributed by atoms with Crippen molar-refractivity contribution in [2.75, 3.05) is 20.2 Å². The minimum Gasteiger partial charge on any atom is -0.377 e. The first-order chi connectivity index (χ1) is 9.13. The second kappa shape index (κ2) is 6.16. The topological polar surface area (TPSA) is 84.2 Å². The van der Waals surface area contributed by atoms with Gasteiger partial charge in [0.15, 0.2) is 0 Å². The molecular weight excluding hydrogens is 244 g/mol. The second-order valence-corrected chi connectivity index (χ2v) is 5.20. The number of ether oxygens (including phenoxy) is 1. The molecule has 1 saturated heterocycles. The average Bonchev–Trinajstić information content (AvgIpc) is 2.90. The highest BCUT2D eigenvalue weighted by atomic mass is 16.5. The standard InChI is InChI=1S/C13H22N4O2/c1-19-13(5-3-11(14)18)4-2-8-17(10-13)9-12-15-6-7-16-12/h6-7H,2-5,8-10H2,1H3,(H2,14,18)(H,15,16)/t13-/m1/s1. The van der Waals surface area contributed by atoms with Crippen LogP contribution in [0.3, 0.4) is 0 Å². The smallest absolute Gasteiger partial charge is 0.217 e. The minimum absolute atomic E-state index is 0.250. The molecule has 0 saturated carbocycles. The molecular formula is C13H22N4O2. The van der Waals surface area contributed by atoms with Gasteiger partial charge in [-0.15, -0.1) is 0 Å². The van der Waals surface area contributed by atoms with Crippen molar-refractivity contribution in [2.24, 2.45) is 5.73 Å². The van der Waals surface area contributed by atoms with Crippen LogP contribution in [0.1, 0.15) is 31.5 Å². The molecule has 19 heavy (non-hydrogen) atoms. The Kier molecular flexibility index (Phi) is 4.55. The number of carbonyl (C=O) groups excluding carboxylic acids is 1. The van der Waals surface area contributed by atoms with Crippen molar-refractivity contribution in [3.63, 3.8) is 0 Å². The largest absolute Gasteiger partial charge is 0.377 e. The van der Waals surface area contributed by atoms with Crippen molar-refractivity contribution in [1.29, 1.82) is 0 Å². The summed E-state index contributed by atoms with van der Waals surface area (Å²) in [5.41, 5.74) is 4.99. The molecule has 2 rings (SSSR count). The van der Waals surface area contributed by atoms with E-state index >= 15 is 0 Å². The Morgan fingerprint density at radius 3 is 3.16 bits per heavy atom. The van der Waals surface area contributed by atoms with Crippen LogP contribution in [0.5, 0.6) is 0 Å².